The zero-order valence-corrected chi connectivity index (χ0v) is 15.9. The molecule has 1 unspecified atom stereocenters. The standard InChI is InChI=1S/C24H21N3O2/c28-23-14-22(25-12-11-18-15-26-21-8-4-3-7-20(18)21)24(29)27(23)19-10-9-16-5-1-2-6-17(16)13-19/h1-10,13,15,22,25-26H,11-12,14H2. The Morgan fingerprint density at radius 3 is 2.66 bits per heavy atom. The fourth-order valence-electron chi connectivity index (χ4n) is 4.10. The van der Waals surface area contributed by atoms with E-state index in [4.69, 9.17) is 0 Å². The first kappa shape index (κ1) is 17.6. The number of aromatic nitrogens is 1. The van der Waals surface area contributed by atoms with Crippen LogP contribution >= 0.6 is 0 Å². The van der Waals surface area contributed by atoms with Gasteiger partial charge in [-0.1, -0.05) is 48.5 Å². The zero-order chi connectivity index (χ0) is 19.8. The van der Waals surface area contributed by atoms with E-state index in [-0.39, 0.29) is 18.2 Å². The van der Waals surface area contributed by atoms with Crippen molar-refractivity contribution in [3.8, 4) is 0 Å². The highest BCUT2D eigenvalue weighted by atomic mass is 16.2. The van der Waals surface area contributed by atoms with Gasteiger partial charge in [0.25, 0.3) is 5.91 Å². The number of rotatable bonds is 5. The van der Waals surface area contributed by atoms with Gasteiger partial charge in [0.05, 0.1) is 18.2 Å². The maximum absolute atomic E-state index is 12.9. The summed E-state index contributed by atoms with van der Waals surface area (Å²) in [5, 5.41) is 6.57. The van der Waals surface area contributed by atoms with Crippen LogP contribution in [0.1, 0.15) is 12.0 Å². The third-order valence-electron chi connectivity index (χ3n) is 5.60. The van der Waals surface area contributed by atoms with Crippen molar-refractivity contribution in [2.45, 2.75) is 18.9 Å². The van der Waals surface area contributed by atoms with Gasteiger partial charge < -0.3 is 10.3 Å². The highest BCUT2D eigenvalue weighted by Gasteiger charge is 2.39. The van der Waals surface area contributed by atoms with Crippen LogP contribution in [0, 0.1) is 0 Å². The maximum atomic E-state index is 12.9. The van der Waals surface area contributed by atoms with Crippen molar-refractivity contribution in [1.82, 2.24) is 10.3 Å². The molecule has 29 heavy (non-hydrogen) atoms. The highest BCUT2D eigenvalue weighted by molar-refractivity contribution is 6.22. The summed E-state index contributed by atoms with van der Waals surface area (Å²) in [4.78, 5) is 30.0. The summed E-state index contributed by atoms with van der Waals surface area (Å²) in [5.41, 5.74) is 2.95. The van der Waals surface area contributed by atoms with Crippen LogP contribution in [0.2, 0.25) is 0 Å². The van der Waals surface area contributed by atoms with E-state index in [1.54, 1.807) is 0 Å². The number of fused-ring (bicyclic) bond motifs is 2. The molecule has 0 saturated carbocycles. The smallest absolute Gasteiger partial charge is 0.251 e. The Kier molecular flexibility index (Phi) is 4.37. The molecule has 4 aromatic rings. The molecule has 3 aromatic carbocycles. The molecule has 1 atom stereocenters. The van der Waals surface area contributed by atoms with Crippen LogP contribution in [0.4, 0.5) is 5.69 Å². The molecule has 1 aliphatic heterocycles. The van der Waals surface area contributed by atoms with Gasteiger partial charge in [-0.25, -0.2) is 4.90 Å². The Morgan fingerprint density at radius 2 is 1.76 bits per heavy atom. The highest BCUT2D eigenvalue weighted by Crippen LogP contribution is 2.27. The number of imide groups is 1. The SMILES string of the molecule is O=C1CC(NCCc2c[nH]c3ccccc23)C(=O)N1c1ccc2ccccc2c1. The van der Waals surface area contributed by atoms with Crippen LogP contribution in [-0.4, -0.2) is 29.4 Å². The first-order valence-corrected chi connectivity index (χ1v) is 9.85. The number of amides is 2. The third kappa shape index (κ3) is 3.19. The van der Waals surface area contributed by atoms with Crippen molar-refractivity contribution >= 4 is 39.2 Å². The number of hydrogen-bond acceptors (Lipinski definition) is 3. The summed E-state index contributed by atoms with van der Waals surface area (Å²) in [7, 11) is 0. The third-order valence-corrected chi connectivity index (χ3v) is 5.60. The molecule has 2 amide bonds. The van der Waals surface area contributed by atoms with Crippen LogP contribution in [0.3, 0.4) is 0 Å². The molecule has 2 N–H and O–H groups in total. The number of carbonyl (C=O) groups excluding carboxylic acids is 2. The van der Waals surface area contributed by atoms with Crippen LogP contribution < -0.4 is 10.2 Å². The normalized spacial score (nSPS) is 17.0. The van der Waals surface area contributed by atoms with Gasteiger partial charge in [0.15, 0.2) is 0 Å². The maximum Gasteiger partial charge on any atom is 0.251 e. The van der Waals surface area contributed by atoms with E-state index in [1.807, 2.05) is 66.9 Å². The Morgan fingerprint density at radius 1 is 0.966 bits per heavy atom. The van der Waals surface area contributed by atoms with E-state index in [1.165, 1.54) is 15.8 Å². The number of nitrogens with one attached hydrogen (secondary N) is 2. The summed E-state index contributed by atoms with van der Waals surface area (Å²) in [5.74, 6) is -0.334. The first-order chi connectivity index (χ1) is 14.2. The summed E-state index contributed by atoms with van der Waals surface area (Å²) < 4.78 is 0. The average molecular weight is 383 g/mol. The molecular formula is C24H21N3O2. The minimum Gasteiger partial charge on any atom is -0.361 e. The van der Waals surface area contributed by atoms with Crippen LogP contribution in [0.25, 0.3) is 21.7 Å². The van der Waals surface area contributed by atoms with E-state index >= 15 is 0 Å². The number of nitrogens with zero attached hydrogens (tertiary/aromatic N) is 1. The second kappa shape index (κ2) is 7.18. The quantitative estimate of drug-likeness (QED) is 0.516. The number of H-pyrrole nitrogens is 1. The van der Waals surface area contributed by atoms with E-state index in [2.05, 4.69) is 16.4 Å². The zero-order valence-electron chi connectivity index (χ0n) is 15.9. The lowest BCUT2D eigenvalue weighted by molar-refractivity contribution is -0.121. The molecule has 5 rings (SSSR count). The first-order valence-electron chi connectivity index (χ1n) is 9.85. The van der Waals surface area contributed by atoms with Crippen molar-refractivity contribution in [1.29, 1.82) is 0 Å². The molecular weight excluding hydrogens is 362 g/mol. The summed E-state index contributed by atoms with van der Waals surface area (Å²) in [6, 6.07) is 21.3. The fraction of sp³-hybridized carbons (Fsp3) is 0.167. The van der Waals surface area contributed by atoms with Crippen molar-refractivity contribution in [3.05, 3.63) is 78.5 Å². The Bertz CT molecular complexity index is 1230. The number of anilines is 1. The molecule has 5 heteroatoms. The summed E-state index contributed by atoms with van der Waals surface area (Å²) in [6.45, 7) is 0.636. The van der Waals surface area contributed by atoms with Crippen molar-refractivity contribution in [2.75, 3.05) is 11.4 Å². The van der Waals surface area contributed by atoms with Crippen LogP contribution in [0.5, 0.6) is 0 Å². The Labute approximate surface area is 168 Å². The Balaban J connectivity index is 1.28. The van der Waals surface area contributed by atoms with E-state index in [9.17, 15) is 9.59 Å². The molecule has 0 bridgehead atoms. The summed E-state index contributed by atoms with van der Waals surface area (Å²) >= 11 is 0. The van der Waals surface area contributed by atoms with E-state index < -0.39 is 6.04 Å². The van der Waals surface area contributed by atoms with Gasteiger partial charge in [-0.05, 0) is 41.0 Å². The van der Waals surface area contributed by atoms with E-state index in [0.29, 0.717) is 12.2 Å². The molecule has 0 spiro atoms. The second-order valence-corrected chi connectivity index (χ2v) is 7.42. The van der Waals surface area contributed by atoms with Crippen LogP contribution in [0.15, 0.2) is 72.9 Å². The fourth-order valence-corrected chi connectivity index (χ4v) is 4.10. The number of aromatic amines is 1. The van der Waals surface area contributed by atoms with Gasteiger partial charge in [0.1, 0.15) is 0 Å². The predicted octanol–water partition coefficient (Wildman–Crippen LogP) is 3.79. The Hall–Kier alpha value is -3.44. The minimum atomic E-state index is -0.473. The van der Waals surface area contributed by atoms with Crippen molar-refractivity contribution < 1.29 is 9.59 Å². The van der Waals surface area contributed by atoms with Crippen molar-refractivity contribution in [2.24, 2.45) is 0 Å². The lowest BCUT2D eigenvalue weighted by atomic mass is 10.1. The number of para-hydroxylation sites is 1. The number of hydrogen-bond donors (Lipinski definition) is 2. The minimum absolute atomic E-state index is 0.158. The molecule has 1 aliphatic rings. The monoisotopic (exact) mass is 383 g/mol. The van der Waals surface area contributed by atoms with Gasteiger partial charge in [-0.2, -0.15) is 0 Å². The second-order valence-electron chi connectivity index (χ2n) is 7.42. The van der Waals surface area contributed by atoms with Crippen LogP contribution in [-0.2, 0) is 16.0 Å². The van der Waals surface area contributed by atoms with Gasteiger partial charge in [-0.3, -0.25) is 9.59 Å². The lowest BCUT2D eigenvalue weighted by Crippen LogP contribution is -2.39. The molecule has 0 radical (unpaired) electrons. The van der Waals surface area contributed by atoms with E-state index in [0.717, 1.165) is 22.7 Å². The molecule has 1 saturated heterocycles. The molecule has 1 fully saturated rings. The van der Waals surface area contributed by atoms with Gasteiger partial charge in [0.2, 0.25) is 5.91 Å². The number of carbonyl (C=O) groups is 2. The summed E-state index contributed by atoms with van der Waals surface area (Å²) in [6.07, 6.45) is 2.99. The number of benzene rings is 3. The van der Waals surface area contributed by atoms with Gasteiger partial charge in [0, 0.05) is 23.6 Å². The molecule has 0 aliphatic carbocycles. The predicted molar refractivity (Wildman–Crippen MR) is 115 cm³/mol. The van der Waals surface area contributed by atoms with Gasteiger partial charge in [-0.15, -0.1) is 0 Å². The largest absolute Gasteiger partial charge is 0.361 e. The van der Waals surface area contributed by atoms with Gasteiger partial charge >= 0.3 is 0 Å². The molecule has 144 valence electrons. The topological polar surface area (TPSA) is 65.2 Å². The van der Waals surface area contributed by atoms with Crippen molar-refractivity contribution in [3.63, 3.8) is 0 Å². The molecule has 1 aromatic heterocycles. The average Bonchev–Trinajstić information content (AvgIpc) is 3.28. The molecule has 5 nitrogen and oxygen atoms in total. The molecule has 2 heterocycles. The lowest BCUT2D eigenvalue weighted by Gasteiger charge is -2.16.